The maximum absolute atomic E-state index is 11.4. The molecule has 2 aromatic carbocycles. The number of carbonyl (C=O) groups is 1. The number of carbonyl (C=O) groups excluding carboxylic acids is 1. The molecule has 1 saturated heterocycles. The standard InChI is InChI=1S/C23H30N4O2/c1-14(28)27-17-5-2-6-18(12-17)29-23-19(15-4-3-8-26-9-7-15)13-20-21(23)10-16(24)11-22(20)25/h2,5-6,10-12,15,19,23,26H,3-4,7-9,13,24-25H2,1H3,(H,27,28). The summed E-state index contributed by atoms with van der Waals surface area (Å²) < 4.78 is 6.56. The molecular formula is C23H30N4O2. The molecule has 29 heavy (non-hydrogen) atoms. The second-order valence-corrected chi connectivity index (χ2v) is 8.23. The van der Waals surface area contributed by atoms with Crippen LogP contribution in [-0.2, 0) is 11.2 Å². The third kappa shape index (κ3) is 4.32. The number of ether oxygens (including phenoxy) is 1. The number of hydrogen-bond acceptors (Lipinski definition) is 5. The van der Waals surface area contributed by atoms with Crippen molar-refractivity contribution in [3.63, 3.8) is 0 Å². The van der Waals surface area contributed by atoms with E-state index in [0.29, 0.717) is 17.5 Å². The maximum Gasteiger partial charge on any atom is 0.221 e. The smallest absolute Gasteiger partial charge is 0.221 e. The summed E-state index contributed by atoms with van der Waals surface area (Å²) in [5.41, 5.74) is 16.9. The number of benzene rings is 2. The lowest BCUT2D eigenvalue weighted by Crippen LogP contribution is -2.24. The van der Waals surface area contributed by atoms with E-state index < -0.39 is 0 Å². The van der Waals surface area contributed by atoms with Gasteiger partial charge >= 0.3 is 0 Å². The minimum Gasteiger partial charge on any atom is -0.485 e. The van der Waals surface area contributed by atoms with Gasteiger partial charge in [0.1, 0.15) is 11.9 Å². The number of nitrogens with one attached hydrogen (secondary N) is 2. The van der Waals surface area contributed by atoms with Gasteiger partial charge in [0.15, 0.2) is 0 Å². The molecule has 0 radical (unpaired) electrons. The second-order valence-electron chi connectivity index (χ2n) is 8.23. The molecule has 6 nitrogen and oxygen atoms in total. The lowest BCUT2D eigenvalue weighted by molar-refractivity contribution is -0.114. The van der Waals surface area contributed by atoms with Gasteiger partial charge in [-0.05, 0) is 80.1 Å². The highest BCUT2D eigenvalue weighted by Crippen LogP contribution is 2.48. The van der Waals surface area contributed by atoms with Gasteiger partial charge in [0.2, 0.25) is 5.91 Å². The molecular weight excluding hydrogens is 364 g/mol. The molecule has 0 saturated carbocycles. The van der Waals surface area contributed by atoms with E-state index in [4.69, 9.17) is 16.2 Å². The molecule has 0 aromatic heterocycles. The second kappa shape index (κ2) is 8.33. The summed E-state index contributed by atoms with van der Waals surface area (Å²) in [4.78, 5) is 11.4. The van der Waals surface area contributed by atoms with Gasteiger partial charge in [0.25, 0.3) is 0 Å². The largest absolute Gasteiger partial charge is 0.485 e. The van der Waals surface area contributed by atoms with Gasteiger partial charge in [0.05, 0.1) is 0 Å². The molecule has 6 N–H and O–H groups in total. The molecule has 6 heteroatoms. The highest BCUT2D eigenvalue weighted by Gasteiger charge is 2.40. The van der Waals surface area contributed by atoms with Crippen LogP contribution < -0.4 is 26.8 Å². The SMILES string of the molecule is CC(=O)Nc1cccc(OC2c3cc(N)cc(N)c3CC2C2CCCNCC2)c1. The molecule has 3 atom stereocenters. The van der Waals surface area contributed by atoms with E-state index in [-0.39, 0.29) is 12.0 Å². The molecule has 0 spiro atoms. The van der Waals surface area contributed by atoms with Crippen LogP contribution >= 0.6 is 0 Å². The summed E-state index contributed by atoms with van der Waals surface area (Å²) in [6.07, 6.45) is 4.33. The van der Waals surface area contributed by atoms with Crippen molar-refractivity contribution in [2.45, 2.75) is 38.7 Å². The Labute approximate surface area is 172 Å². The van der Waals surface area contributed by atoms with Gasteiger partial charge in [-0.25, -0.2) is 0 Å². The average Bonchev–Trinajstić information content (AvgIpc) is 2.85. The van der Waals surface area contributed by atoms with E-state index in [9.17, 15) is 4.79 Å². The molecule has 1 fully saturated rings. The molecule has 2 aromatic rings. The monoisotopic (exact) mass is 394 g/mol. The number of hydrogen-bond donors (Lipinski definition) is 4. The zero-order valence-electron chi connectivity index (χ0n) is 16.9. The van der Waals surface area contributed by atoms with Crippen LogP contribution in [0.1, 0.15) is 43.4 Å². The lowest BCUT2D eigenvalue weighted by atomic mass is 9.83. The van der Waals surface area contributed by atoms with Crippen molar-refractivity contribution in [1.29, 1.82) is 0 Å². The van der Waals surface area contributed by atoms with Crippen molar-refractivity contribution < 1.29 is 9.53 Å². The van der Waals surface area contributed by atoms with Crippen molar-refractivity contribution in [3.05, 3.63) is 47.5 Å². The normalized spacial score (nSPS) is 23.8. The molecule has 3 unspecified atom stereocenters. The average molecular weight is 395 g/mol. The first-order valence-corrected chi connectivity index (χ1v) is 10.4. The van der Waals surface area contributed by atoms with E-state index in [1.807, 2.05) is 36.4 Å². The number of anilines is 3. The summed E-state index contributed by atoms with van der Waals surface area (Å²) in [5, 5.41) is 6.33. The van der Waals surface area contributed by atoms with Crippen molar-refractivity contribution in [1.82, 2.24) is 5.32 Å². The van der Waals surface area contributed by atoms with Crippen molar-refractivity contribution >= 4 is 23.0 Å². The molecule has 1 aliphatic carbocycles. The maximum atomic E-state index is 11.4. The zero-order valence-corrected chi connectivity index (χ0v) is 16.9. The van der Waals surface area contributed by atoms with Crippen LogP contribution in [0.4, 0.5) is 17.1 Å². The molecule has 154 valence electrons. The predicted molar refractivity (Wildman–Crippen MR) is 117 cm³/mol. The first-order valence-electron chi connectivity index (χ1n) is 10.4. The highest BCUT2D eigenvalue weighted by atomic mass is 16.5. The van der Waals surface area contributed by atoms with E-state index >= 15 is 0 Å². The van der Waals surface area contributed by atoms with Gasteiger partial charge in [0, 0.05) is 36.0 Å². The fourth-order valence-corrected chi connectivity index (χ4v) is 4.84. The Kier molecular flexibility index (Phi) is 5.62. The van der Waals surface area contributed by atoms with Crippen LogP contribution in [0.5, 0.6) is 5.75 Å². The van der Waals surface area contributed by atoms with E-state index in [2.05, 4.69) is 10.6 Å². The van der Waals surface area contributed by atoms with Crippen molar-refractivity contribution in [2.24, 2.45) is 11.8 Å². The topological polar surface area (TPSA) is 102 Å². The van der Waals surface area contributed by atoms with E-state index in [0.717, 1.165) is 48.6 Å². The Morgan fingerprint density at radius 1 is 1.17 bits per heavy atom. The first kappa shape index (κ1) is 19.6. The summed E-state index contributed by atoms with van der Waals surface area (Å²) in [6.45, 7) is 3.62. The van der Waals surface area contributed by atoms with E-state index in [1.54, 1.807) is 0 Å². The molecule has 0 bridgehead atoms. The van der Waals surface area contributed by atoms with Gasteiger partial charge in [-0.1, -0.05) is 6.07 Å². The molecule has 1 aliphatic heterocycles. The number of nitrogen functional groups attached to an aromatic ring is 2. The molecule has 2 aliphatic rings. The minimum atomic E-state index is -0.0993. The molecule has 4 rings (SSSR count). The third-order valence-corrected chi connectivity index (χ3v) is 6.12. The summed E-state index contributed by atoms with van der Waals surface area (Å²) in [7, 11) is 0. The number of rotatable bonds is 4. The Morgan fingerprint density at radius 2 is 2.03 bits per heavy atom. The third-order valence-electron chi connectivity index (χ3n) is 6.12. The Balaban J connectivity index is 1.66. The van der Waals surface area contributed by atoms with Gasteiger partial charge in [-0.15, -0.1) is 0 Å². The lowest BCUT2D eigenvalue weighted by Gasteiger charge is -2.29. The van der Waals surface area contributed by atoms with Crippen LogP contribution in [0, 0.1) is 11.8 Å². The summed E-state index contributed by atoms with van der Waals surface area (Å²) in [5.74, 6) is 1.57. The van der Waals surface area contributed by atoms with Crippen LogP contribution in [0.25, 0.3) is 0 Å². The minimum absolute atomic E-state index is 0.0912. The fourth-order valence-electron chi connectivity index (χ4n) is 4.84. The first-order chi connectivity index (χ1) is 14.0. The number of fused-ring (bicyclic) bond motifs is 1. The molecule has 1 amide bonds. The number of amides is 1. The highest BCUT2D eigenvalue weighted by molar-refractivity contribution is 5.88. The van der Waals surface area contributed by atoms with Gasteiger partial charge < -0.3 is 26.8 Å². The van der Waals surface area contributed by atoms with Crippen molar-refractivity contribution in [3.8, 4) is 5.75 Å². The van der Waals surface area contributed by atoms with Crippen LogP contribution in [0.2, 0.25) is 0 Å². The van der Waals surface area contributed by atoms with Gasteiger partial charge in [-0.3, -0.25) is 4.79 Å². The summed E-state index contributed by atoms with van der Waals surface area (Å²) in [6, 6.07) is 11.4. The molecule has 1 heterocycles. The Hall–Kier alpha value is -2.73. The zero-order chi connectivity index (χ0) is 20.4. The predicted octanol–water partition coefficient (Wildman–Crippen LogP) is 3.49. The quantitative estimate of drug-likeness (QED) is 0.595. The summed E-state index contributed by atoms with van der Waals surface area (Å²) >= 11 is 0. The Morgan fingerprint density at radius 3 is 2.86 bits per heavy atom. The fraction of sp³-hybridized carbons (Fsp3) is 0.435. The van der Waals surface area contributed by atoms with Gasteiger partial charge in [-0.2, -0.15) is 0 Å². The Bertz CT molecular complexity index is 890. The van der Waals surface area contributed by atoms with Crippen LogP contribution in [-0.4, -0.2) is 19.0 Å². The number of nitrogens with two attached hydrogens (primary N) is 2. The van der Waals surface area contributed by atoms with E-state index in [1.165, 1.54) is 25.3 Å². The van der Waals surface area contributed by atoms with Crippen molar-refractivity contribution in [2.75, 3.05) is 29.9 Å². The van der Waals surface area contributed by atoms with Crippen LogP contribution in [0.15, 0.2) is 36.4 Å². The van der Waals surface area contributed by atoms with Crippen LogP contribution in [0.3, 0.4) is 0 Å².